The number of phenols is 1. The number of hydrazone groups is 1. The molecule has 0 saturated heterocycles. The van der Waals surface area contributed by atoms with E-state index in [0.29, 0.717) is 17.9 Å². The average Bonchev–Trinajstić information content (AvgIpc) is 2.58. The number of aromatic hydroxyl groups is 1. The number of nitrogens with one attached hydrogen (secondary N) is 1. The van der Waals surface area contributed by atoms with E-state index in [0.717, 1.165) is 11.3 Å². The van der Waals surface area contributed by atoms with E-state index in [1.54, 1.807) is 12.1 Å². The van der Waals surface area contributed by atoms with Gasteiger partial charge in [0.2, 0.25) is 5.91 Å². The van der Waals surface area contributed by atoms with Crippen molar-refractivity contribution in [3.63, 3.8) is 0 Å². The Kier molecular flexibility index (Phi) is 7.02. The minimum atomic E-state index is -0.246. The molecule has 138 valence electrons. The summed E-state index contributed by atoms with van der Waals surface area (Å²) in [6, 6.07) is 12.3. The van der Waals surface area contributed by atoms with Crippen LogP contribution in [0, 0.1) is 0 Å². The Morgan fingerprint density at radius 2 is 1.88 bits per heavy atom. The van der Waals surface area contributed by atoms with Gasteiger partial charge in [-0.15, -0.1) is 0 Å². The van der Waals surface area contributed by atoms with E-state index in [9.17, 15) is 9.90 Å². The van der Waals surface area contributed by atoms with Crippen LogP contribution in [0.25, 0.3) is 0 Å². The molecule has 0 spiro atoms. The van der Waals surface area contributed by atoms with Crippen LogP contribution in [0.2, 0.25) is 0 Å². The zero-order chi connectivity index (χ0) is 18.9. The van der Waals surface area contributed by atoms with Gasteiger partial charge >= 0.3 is 0 Å². The van der Waals surface area contributed by atoms with Crippen LogP contribution in [0.4, 0.5) is 0 Å². The Labute approximate surface area is 153 Å². The molecule has 2 N–H and O–H groups in total. The van der Waals surface area contributed by atoms with Crippen LogP contribution in [0.1, 0.15) is 31.9 Å². The zero-order valence-electron chi connectivity index (χ0n) is 15.2. The highest BCUT2D eigenvalue weighted by Gasteiger charge is 2.05. The summed E-state index contributed by atoms with van der Waals surface area (Å²) >= 11 is 0. The van der Waals surface area contributed by atoms with E-state index in [-0.39, 0.29) is 24.2 Å². The first kappa shape index (κ1) is 19.3. The van der Waals surface area contributed by atoms with Gasteiger partial charge in [0, 0.05) is 11.6 Å². The number of phenolic OH excluding ortho intramolecular Hbond substituents is 1. The lowest BCUT2D eigenvalue weighted by Crippen LogP contribution is -2.19. The third-order valence-corrected chi connectivity index (χ3v) is 3.37. The molecule has 2 rings (SSSR count). The lowest BCUT2D eigenvalue weighted by molar-refractivity contribution is -0.120. The van der Waals surface area contributed by atoms with Gasteiger partial charge in [0.25, 0.3) is 0 Å². The first-order valence-electron chi connectivity index (χ1n) is 8.51. The van der Waals surface area contributed by atoms with Gasteiger partial charge in [-0.05, 0) is 50.6 Å². The lowest BCUT2D eigenvalue weighted by atomic mass is 10.1. The summed E-state index contributed by atoms with van der Waals surface area (Å²) in [7, 11) is 0. The summed E-state index contributed by atoms with van der Waals surface area (Å²) in [5, 5.41) is 13.9. The van der Waals surface area contributed by atoms with Crippen LogP contribution in [-0.4, -0.2) is 29.9 Å². The van der Waals surface area contributed by atoms with Gasteiger partial charge in [-0.2, -0.15) is 5.10 Å². The van der Waals surface area contributed by atoms with Crippen molar-refractivity contribution in [1.29, 1.82) is 0 Å². The highest BCUT2D eigenvalue weighted by atomic mass is 16.5. The van der Waals surface area contributed by atoms with Crippen molar-refractivity contribution in [3.05, 3.63) is 53.6 Å². The van der Waals surface area contributed by atoms with Crippen LogP contribution in [0.3, 0.4) is 0 Å². The molecule has 0 heterocycles. The summed E-state index contributed by atoms with van der Waals surface area (Å²) in [4.78, 5) is 11.9. The van der Waals surface area contributed by atoms with Crippen molar-refractivity contribution < 1.29 is 19.4 Å². The topological polar surface area (TPSA) is 80.2 Å². The monoisotopic (exact) mass is 356 g/mol. The normalized spacial score (nSPS) is 10.9. The van der Waals surface area contributed by atoms with E-state index in [4.69, 9.17) is 9.47 Å². The summed E-state index contributed by atoms with van der Waals surface area (Å²) in [5.74, 6) is 1.14. The second kappa shape index (κ2) is 9.46. The Bertz CT molecular complexity index is 755. The van der Waals surface area contributed by atoms with E-state index < -0.39 is 0 Å². The quantitative estimate of drug-likeness (QED) is 0.562. The van der Waals surface area contributed by atoms with E-state index in [2.05, 4.69) is 10.5 Å². The molecule has 2 aromatic carbocycles. The maximum Gasteiger partial charge on any atom is 0.244 e. The molecule has 0 saturated carbocycles. The number of carbonyl (C=O) groups excluding carboxylic acids is 1. The van der Waals surface area contributed by atoms with Gasteiger partial charge < -0.3 is 14.6 Å². The highest BCUT2D eigenvalue weighted by molar-refractivity contribution is 5.85. The van der Waals surface area contributed by atoms with Crippen LogP contribution >= 0.6 is 0 Å². The number of hydrogen-bond donors (Lipinski definition) is 2. The van der Waals surface area contributed by atoms with Crippen LogP contribution in [0.5, 0.6) is 17.2 Å². The molecular formula is C20H24N2O4. The summed E-state index contributed by atoms with van der Waals surface area (Å²) in [6.45, 7) is 6.34. The highest BCUT2D eigenvalue weighted by Crippen LogP contribution is 2.23. The van der Waals surface area contributed by atoms with Gasteiger partial charge in [0.05, 0.1) is 25.3 Å². The minimum Gasteiger partial charge on any atom is -0.507 e. The maximum absolute atomic E-state index is 11.9. The van der Waals surface area contributed by atoms with Crippen molar-refractivity contribution in [2.24, 2.45) is 5.10 Å². The third kappa shape index (κ3) is 6.12. The summed E-state index contributed by atoms with van der Waals surface area (Å²) < 4.78 is 10.9. The first-order chi connectivity index (χ1) is 12.5. The van der Waals surface area contributed by atoms with Crippen LogP contribution in [-0.2, 0) is 11.2 Å². The molecule has 0 radical (unpaired) electrons. The second-order valence-corrected chi connectivity index (χ2v) is 5.93. The standard InChI is InChI=1S/C20H24N2O4/c1-4-25-17-8-5-15(6-9-17)11-20(24)22-21-13-16-7-10-18(12-19(16)23)26-14(2)3/h5-10,12-14,23H,4,11H2,1-3H3,(H,22,24)/b21-13-. The Hall–Kier alpha value is -3.02. The van der Waals surface area contributed by atoms with E-state index >= 15 is 0 Å². The molecule has 0 aliphatic carbocycles. The van der Waals surface area contributed by atoms with Crippen molar-refractivity contribution in [3.8, 4) is 17.2 Å². The number of nitrogens with zero attached hydrogens (tertiary/aromatic N) is 1. The second-order valence-electron chi connectivity index (χ2n) is 5.93. The number of ether oxygens (including phenoxy) is 2. The van der Waals surface area contributed by atoms with Crippen molar-refractivity contribution in [2.45, 2.75) is 33.3 Å². The SMILES string of the molecule is CCOc1ccc(CC(=O)N/N=C\c2ccc(OC(C)C)cc2O)cc1. The van der Waals surface area contributed by atoms with Crippen molar-refractivity contribution in [2.75, 3.05) is 6.61 Å². The number of amides is 1. The Morgan fingerprint density at radius 3 is 2.50 bits per heavy atom. The van der Waals surface area contributed by atoms with Crippen LogP contribution < -0.4 is 14.9 Å². The predicted molar refractivity (Wildman–Crippen MR) is 101 cm³/mol. The van der Waals surface area contributed by atoms with Crippen molar-refractivity contribution >= 4 is 12.1 Å². The smallest absolute Gasteiger partial charge is 0.244 e. The lowest BCUT2D eigenvalue weighted by Gasteiger charge is -2.10. The fourth-order valence-electron chi connectivity index (χ4n) is 2.25. The van der Waals surface area contributed by atoms with Crippen LogP contribution in [0.15, 0.2) is 47.6 Å². The number of benzene rings is 2. The molecule has 0 fully saturated rings. The predicted octanol–water partition coefficient (Wildman–Crippen LogP) is 3.27. The van der Waals surface area contributed by atoms with E-state index in [1.807, 2.05) is 45.0 Å². The minimum absolute atomic E-state index is 0.0239. The molecule has 2 aromatic rings. The van der Waals surface area contributed by atoms with E-state index in [1.165, 1.54) is 12.3 Å². The molecule has 0 aliphatic heterocycles. The summed E-state index contributed by atoms with van der Waals surface area (Å²) in [6.07, 6.45) is 1.62. The molecule has 26 heavy (non-hydrogen) atoms. The van der Waals surface area contributed by atoms with Gasteiger partial charge in [0.15, 0.2) is 0 Å². The molecule has 0 unspecified atom stereocenters. The van der Waals surface area contributed by atoms with Gasteiger partial charge in [-0.1, -0.05) is 12.1 Å². The molecule has 0 aromatic heterocycles. The fourth-order valence-corrected chi connectivity index (χ4v) is 2.25. The van der Waals surface area contributed by atoms with Crippen molar-refractivity contribution in [1.82, 2.24) is 5.43 Å². The average molecular weight is 356 g/mol. The molecule has 0 atom stereocenters. The number of hydrogen-bond acceptors (Lipinski definition) is 5. The third-order valence-electron chi connectivity index (χ3n) is 3.37. The molecule has 1 amide bonds. The molecule has 6 heteroatoms. The Morgan fingerprint density at radius 1 is 1.19 bits per heavy atom. The molecule has 0 bridgehead atoms. The Balaban J connectivity index is 1.88. The van der Waals surface area contributed by atoms with Gasteiger partial charge in [0.1, 0.15) is 17.2 Å². The van der Waals surface area contributed by atoms with Gasteiger partial charge in [-0.3, -0.25) is 4.79 Å². The molecule has 0 aliphatic rings. The zero-order valence-corrected chi connectivity index (χ0v) is 15.2. The summed E-state index contributed by atoms with van der Waals surface area (Å²) in [5.41, 5.74) is 3.80. The first-order valence-corrected chi connectivity index (χ1v) is 8.51. The number of carbonyl (C=O) groups is 1. The molecular weight excluding hydrogens is 332 g/mol. The largest absolute Gasteiger partial charge is 0.507 e. The fraction of sp³-hybridized carbons (Fsp3) is 0.300. The van der Waals surface area contributed by atoms with Gasteiger partial charge in [-0.25, -0.2) is 5.43 Å². The maximum atomic E-state index is 11.9. The number of rotatable bonds is 8. The molecule has 6 nitrogen and oxygen atoms in total.